The first-order valence-electron chi connectivity index (χ1n) is 11.2. The van der Waals surface area contributed by atoms with E-state index in [1.807, 2.05) is 42.1 Å². The van der Waals surface area contributed by atoms with Gasteiger partial charge in [-0.05, 0) is 44.8 Å². The standard InChI is InChI=1S/C24H29NPS.C5H5.Fe/c1-18(2)27-24-22(19(3)25(4)5)16-17-23(24)26(20-12-8-6-9-13-20)21-14-10-7-11-15-21;1-2-4-5-3-1;/h6-19H,1-5H3;1-5H;/q-1;-5;. The molecule has 0 N–H and O–H groups in total. The number of rotatable bonds is 7. The third-order valence-corrected chi connectivity index (χ3v) is 9.12. The molecule has 1 unspecified atom stereocenters. The van der Waals surface area contributed by atoms with Crippen LogP contribution in [0.25, 0.3) is 0 Å². The van der Waals surface area contributed by atoms with Crippen molar-refractivity contribution in [3.63, 3.8) is 0 Å². The van der Waals surface area contributed by atoms with Crippen molar-refractivity contribution in [1.82, 2.24) is 4.90 Å². The molecule has 0 fully saturated rings. The van der Waals surface area contributed by atoms with Crippen LogP contribution in [0.5, 0.6) is 0 Å². The number of thioether (sulfide) groups is 1. The first-order valence-corrected chi connectivity index (χ1v) is 13.4. The van der Waals surface area contributed by atoms with Gasteiger partial charge in [-0.25, -0.2) is 12.1 Å². The van der Waals surface area contributed by atoms with E-state index in [2.05, 4.69) is 113 Å². The van der Waals surface area contributed by atoms with Gasteiger partial charge in [0.2, 0.25) is 0 Å². The maximum Gasteiger partial charge on any atom is 0.00937 e. The van der Waals surface area contributed by atoms with Crippen LogP contribution in [0.2, 0.25) is 0 Å². The van der Waals surface area contributed by atoms with Crippen LogP contribution in [0.15, 0.2) is 108 Å². The zero-order valence-corrected chi connectivity index (χ0v) is 22.9. The molecule has 0 saturated carbocycles. The Morgan fingerprint density at radius 1 is 0.727 bits per heavy atom. The van der Waals surface area contributed by atoms with Crippen LogP contribution >= 0.6 is 19.7 Å². The minimum Gasteiger partial charge on any atom is -0.748 e. The third kappa shape index (κ3) is 7.71. The van der Waals surface area contributed by atoms with Gasteiger partial charge in [-0.2, -0.15) is 11.8 Å². The van der Waals surface area contributed by atoms with Crippen LogP contribution in [0.4, 0.5) is 0 Å². The van der Waals surface area contributed by atoms with E-state index in [0.29, 0.717) is 11.3 Å². The molecule has 4 aromatic rings. The van der Waals surface area contributed by atoms with E-state index < -0.39 is 7.92 Å². The second-order valence-corrected chi connectivity index (χ2v) is 12.1. The van der Waals surface area contributed by atoms with E-state index in [0.717, 1.165) is 0 Å². The molecule has 1 nitrogen and oxygen atoms in total. The molecule has 4 aromatic carbocycles. The second kappa shape index (κ2) is 14.0. The summed E-state index contributed by atoms with van der Waals surface area (Å²) in [7, 11) is 3.77. The Labute approximate surface area is 216 Å². The molecule has 0 aliphatic heterocycles. The first-order chi connectivity index (χ1) is 15.5. The van der Waals surface area contributed by atoms with Gasteiger partial charge in [-0.3, -0.25) is 0 Å². The van der Waals surface area contributed by atoms with E-state index in [4.69, 9.17) is 0 Å². The van der Waals surface area contributed by atoms with Gasteiger partial charge in [0.25, 0.3) is 0 Å². The summed E-state index contributed by atoms with van der Waals surface area (Å²) >= 11 is 2.01. The summed E-state index contributed by atoms with van der Waals surface area (Å²) in [6, 6.07) is 37.1. The van der Waals surface area contributed by atoms with Crippen molar-refractivity contribution in [1.29, 1.82) is 0 Å². The van der Waals surface area contributed by atoms with E-state index >= 15 is 0 Å². The molecule has 180 valence electrons. The van der Waals surface area contributed by atoms with Gasteiger partial charge in [0.1, 0.15) is 0 Å². The van der Waals surface area contributed by atoms with Crippen molar-refractivity contribution in [2.45, 2.75) is 37.0 Å². The van der Waals surface area contributed by atoms with Crippen LogP contribution in [-0.2, 0) is 17.1 Å². The zero-order valence-electron chi connectivity index (χ0n) is 20.1. The smallest absolute Gasteiger partial charge is 0.00937 e. The SMILES string of the molecule is CC(C)S[c-]1c(C(C)N(C)C)ccc1P(c1ccccc1)c1ccccc1.[Fe].[cH-]1[cH-][cH-][cH-][cH-]1. The summed E-state index contributed by atoms with van der Waals surface area (Å²) in [6.07, 6.45) is 0. The van der Waals surface area contributed by atoms with Crippen molar-refractivity contribution >= 4 is 35.6 Å². The van der Waals surface area contributed by atoms with Crippen molar-refractivity contribution < 1.29 is 17.1 Å². The molecular weight excluding hydrogens is 481 g/mol. The Hall–Kier alpha value is -1.60. The van der Waals surface area contributed by atoms with Crippen molar-refractivity contribution in [2.24, 2.45) is 0 Å². The Kier molecular flexibility index (Phi) is 11.7. The zero-order chi connectivity index (χ0) is 22.9. The molecule has 0 heterocycles. The first kappa shape index (κ1) is 27.6. The van der Waals surface area contributed by atoms with Gasteiger partial charge < -0.3 is 35.2 Å². The number of hydrogen-bond acceptors (Lipinski definition) is 2. The van der Waals surface area contributed by atoms with Crippen molar-refractivity contribution in [3.8, 4) is 0 Å². The van der Waals surface area contributed by atoms with E-state index in [1.54, 1.807) is 0 Å². The molecule has 0 aromatic heterocycles. The molecule has 0 radical (unpaired) electrons. The molecule has 0 saturated heterocycles. The Morgan fingerprint density at radius 2 is 1.18 bits per heavy atom. The number of benzene rings is 2. The Bertz CT molecular complexity index is 969. The van der Waals surface area contributed by atoms with Gasteiger partial charge in [0.05, 0.1) is 0 Å². The fourth-order valence-corrected chi connectivity index (χ4v) is 7.34. The second-order valence-electron chi connectivity index (χ2n) is 8.28. The normalized spacial score (nSPS) is 11.8. The topological polar surface area (TPSA) is 3.24 Å². The summed E-state index contributed by atoms with van der Waals surface area (Å²) in [5.74, 6) is 0. The Morgan fingerprint density at radius 3 is 1.58 bits per heavy atom. The van der Waals surface area contributed by atoms with Gasteiger partial charge >= 0.3 is 0 Å². The average Bonchev–Trinajstić information content (AvgIpc) is 3.49. The van der Waals surface area contributed by atoms with Gasteiger partial charge in [0, 0.05) is 23.1 Å². The third-order valence-electron chi connectivity index (χ3n) is 5.32. The Balaban J connectivity index is 0.000000568. The number of hydrogen-bond donors (Lipinski definition) is 0. The average molecular weight is 515 g/mol. The maximum absolute atomic E-state index is 2.38. The van der Waals surface area contributed by atoms with Gasteiger partial charge in [-0.1, -0.05) is 79.4 Å². The minimum atomic E-state index is -0.560. The minimum absolute atomic E-state index is 0. The predicted octanol–water partition coefficient (Wildman–Crippen LogP) is 6.69. The molecule has 0 aliphatic rings. The van der Waals surface area contributed by atoms with Crippen LogP contribution in [0, 0.1) is 0 Å². The summed E-state index contributed by atoms with van der Waals surface area (Å²) in [4.78, 5) is 3.78. The molecule has 4 heteroatoms. The van der Waals surface area contributed by atoms with Crippen LogP contribution in [0.3, 0.4) is 0 Å². The quantitative estimate of drug-likeness (QED) is 0.117. The molecule has 1 atom stereocenters. The van der Waals surface area contributed by atoms with Crippen LogP contribution in [-0.4, -0.2) is 24.2 Å². The molecule has 4 rings (SSSR count). The van der Waals surface area contributed by atoms with E-state index in [-0.39, 0.29) is 17.1 Å². The van der Waals surface area contributed by atoms with Crippen LogP contribution in [0.1, 0.15) is 32.4 Å². The summed E-state index contributed by atoms with van der Waals surface area (Å²) < 4.78 is 0. The number of nitrogens with zero attached hydrogens (tertiary/aromatic N) is 1. The van der Waals surface area contributed by atoms with E-state index in [9.17, 15) is 0 Å². The van der Waals surface area contributed by atoms with Crippen molar-refractivity contribution in [2.75, 3.05) is 14.1 Å². The molecule has 0 amide bonds. The largest absolute Gasteiger partial charge is 0.748 e. The summed E-state index contributed by atoms with van der Waals surface area (Å²) in [5.41, 5.74) is 1.45. The summed E-state index contributed by atoms with van der Waals surface area (Å²) in [5, 5.41) is 4.88. The fourth-order valence-electron chi connectivity index (χ4n) is 3.52. The molecule has 0 aliphatic carbocycles. The van der Waals surface area contributed by atoms with Gasteiger partial charge in [0.15, 0.2) is 0 Å². The maximum atomic E-state index is 2.38. The molecule has 33 heavy (non-hydrogen) atoms. The van der Waals surface area contributed by atoms with Crippen LogP contribution < -0.4 is 15.9 Å². The molecular formula is C29H34FeNPS-6. The fraction of sp³-hybridized carbons (Fsp3) is 0.241. The van der Waals surface area contributed by atoms with Crippen molar-refractivity contribution in [3.05, 3.63) is 109 Å². The monoisotopic (exact) mass is 515 g/mol. The molecule has 0 spiro atoms. The van der Waals surface area contributed by atoms with E-state index in [1.165, 1.54) is 26.4 Å². The molecule has 0 bridgehead atoms. The van der Waals surface area contributed by atoms with Gasteiger partial charge in [-0.15, -0.1) is 10.9 Å². The summed E-state index contributed by atoms with van der Waals surface area (Å²) in [6.45, 7) is 6.88. The predicted molar refractivity (Wildman–Crippen MR) is 146 cm³/mol.